The molecular weight excluding hydrogens is 324 g/mol. The van der Waals surface area contributed by atoms with Gasteiger partial charge in [0.1, 0.15) is 5.75 Å². The Morgan fingerprint density at radius 2 is 1.69 bits per heavy atom. The second kappa shape index (κ2) is 10.6. The molecule has 2 aromatic carbocycles. The number of hydrogen-bond donors (Lipinski definition) is 1. The lowest BCUT2D eigenvalue weighted by Gasteiger charge is -2.18. The monoisotopic (exact) mass is 354 g/mol. The number of hydrogen-bond acceptors (Lipinski definition) is 3. The van der Waals surface area contributed by atoms with Crippen LogP contribution in [0.2, 0.25) is 0 Å². The van der Waals surface area contributed by atoms with Gasteiger partial charge in [-0.15, -0.1) is 0 Å². The Hall–Kier alpha value is -2.33. The summed E-state index contributed by atoms with van der Waals surface area (Å²) in [6.45, 7) is 10.0. The van der Waals surface area contributed by atoms with Gasteiger partial charge in [-0.25, -0.2) is 0 Å². The summed E-state index contributed by atoms with van der Waals surface area (Å²) >= 11 is 0. The lowest BCUT2D eigenvalue weighted by atomic mass is 10.1. The molecule has 0 heterocycles. The summed E-state index contributed by atoms with van der Waals surface area (Å²) in [5, 5.41) is 2.96. The maximum atomic E-state index is 12.6. The van der Waals surface area contributed by atoms with E-state index < -0.39 is 0 Å². The van der Waals surface area contributed by atoms with Crippen LogP contribution in [0.15, 0.2) is 48.5 Å². The first kappa shape index (κ1) is 20.0. The van der Waals surface area contributed by atoms with Crippen molar-refractivity contribution in [2.24, 2.45) is 0 Å². The molecule has 0 spiro atoms. The van der Waals surface area contributed by atoms with Crippen molar-refractivity contribution in [3.05, 3.63) is 59.7 Å². The van der Waals surface area contributed by atoms with E-state index in [1.165, 1.54) is 5.56 Å². The summed E-state index contributed by atoms with van der Waals surface area (Å²) in [5.74, 6) is 0.596. The van der Waals surface area contributed by atoms with E-state index in [0.717, 1.165) is 32.5 Å². The fraction of sp³-hybridized carbons (Fsp3) is 0.409. The average molecular weight is 354 g/mol. The molecule has 1 N–H and O–H groups in total. The number of unbranched alkanes of at least 4 members (excludes halogenated alkanes) is 1. The maximum Gasteiger partial charge on any atom is 0.255 e. The van der Waals surface area contributed by atoms with Crippen LogP contribution in [-0.4, -0.2) is 30.5 Å². The molecule has 0 atom stereocenters. The molecule has 0 saturated carbocycles. The first-order chi connectivity index (χ1) is 12.7. The van der Waals surface area contributed by atoms with Crippen molar-refractivity contribution in [2.75, 3.05) is 25.0 Å². The zero-order valence-electron chi connectivity index (χ0n) is 16.1. The molecular formula is C22H30N2O2. The molecule has 4 heteroatoms. The van der Waals surface area contributed by atoms with E-state index in [4.69, 9.17) is 4.74 Å². The van der Waals surface area contributed by atoms with Gasteiger partial charge in [-0.1, -0.05) is 51.5 Å². The maximum absolute atomic E-state index is 12.6. The fourth-order valence-corrected chi connectivity index (χ4v) is 2.68. The van der Waals surface area contributed by atoms with Crippen LogP contribution in [0.4, 0.5) is 5.69 Å². The van der Waals surface area contributed by atoms with Gasteiger partial charge in [-0.2, -0.15) is 0 Å². The Balaban J connectivity index is 2.01. The van der Waals surface area contributed by atoms with E-state index in [1.54, 1.807) is 0 Å². The molecule has 0 fully saturated rings. The molecule has 1 amide bonds. The van der Waals surface area contributed by atoms with Gasteiger partial charge in [0.15, 0.2) is 0 Å². The van der Waals surface area contributed by atoms with Crippen LogP contribution in [0.1, 0.15) is 49.5 Å². The molecule has 0 aromatic heterocycles. The number of benzene rings is 2. The highest BCUT2D eigenvalue weighted by Crippen LogP contribution is 2.24. The quantitative estimate of drug-likeness (QED) is 0.613. The SMILES string of the molecule is CCCCOc1ccccc1NC(=O)c1ccc(CN(CC)CC)cc1. The van der Waals surface area contributed by atoms with E-state index in [2.05, 4.69) is 31.0 Å². The zero-order chi connectivity index (χ0) is 18.8. The molecule has 2 rings (SSSR count). The van der Waals surface area contributed by atoms with E-state index in [-0.39, 0.29) is 5.91 Å². The van der Waals surface area contributed by atoms with E-state index in [1.807, 2.05) is 48.5 Å². The molecule has 26 heavy (non-hydrogen) atoms. The van der Waals surface area contributed by atoms with Gasteiger partial charge >= 0.3 is 0 Å². The number of carbonyl (C=O) groups is 1. The van der Waals surface area contributed by atoms with Gasteiger partial charge in [0.2, 0.25) is 0 Å². The van der Waals surface area contributed by atoms with Crippen LogP contribution >= 0.6 is 0 Å². The lowest BCUT2D eigenvalue weighted by Crippen LogP contribution is -2.22. The van der Waals surface area contributed by atoms with Crippen molar-refractivity contribution in [3.63, 3.8) is 0 Å². The molecule has 0 unspecified atom stereocenters. The predicted octanol–water partition coefficient (Wildman–Crippen LogP) is 4.96. The van der Waals surface area contributed by atoms with Crippen molar-refractivity contribution in [1.82, 2.24) is 4.90 Å². The second-order valence-corrected chi connectivity index (χ2v) is 6.31. The summed E-state index contributed by atoms with van der Waals surface area (Å²) in [7, 11) is 0. The summed E-state index contributed by atoms with van der Waals surface area (Å²) in [6, 6.07) is 15.4. The average Bonchev–Trinajstić information content (AvgIpc) is 2.68. The van der Waals surface area contributed by atoms with Gasteiger partial charge in [0.25, 0.3) is 5.91 Å². The molecule has 0 radical (unpaired) electrons. The third-order valence-corrected chi connectivity index (χ3v) is 4.41. The van der Waals surface area contributed by atoms with Gasteiger partial charge in [-0.3, -0.25) is 9.69 Å². The normalized spacial score (nSPS) is 10.8. The van der Waals surface area contributed by atoms with E-state index >= 15 is 0 Å². The van der Waals surface area contributed by atoms with Crippen LogP contribution in [-0.2, 0) is 6.54 Å². The third kappa shape index (κ3) is 5.88. The zero-order valence-corrected chi connectivity index (χ0v) is 16.1. The van der Waals surface area contributed by atoms with Crippen LogP contribution in [0.5, 0.6) is 5.75 Å². The highest BCUT2D eigenvalue weighted by atomic mass is 16.5. The first-order valence-electron chi connectivity index (χ1n) is 9.52. The predicted molar refractivity (Wildman–Crippen MR) is 108 cm³/mol. The number of nitrogens with one attached hydrogen (secondary N) is 1. The minimum absolute atomic E-state index is 0.120. The number of para-hydroxylation sites is 2. The number of carbonyl (C=O) groups excluding carboxylic acids is 1. The minimum Gasteiger partial charge on any atom is -0.491 e. The molecule has 0 saturated heterocycles. The number of ether oxygens (including phenoxy) is 1. The highest BCUT2D eigenvalue weighted by molar-refractivity contribution is 6.05. The molecule has 0 aliphatic heterocycles. The summed E-state index contributed by atoms with van der Waals surface area (Å²) in [5.41, 5.74) is 2.58. The number of rotatable bonds is 10. The van der Waals surface area contributed by atoms with Gasteiger partial charge in [0.05, 0.1) is 12.3 Å². The van der Waals surface area contributed by atoms with Crippen LogP contribution in [0.25, 0.3) is 0 Å². The molecule has 0 aliphatic rings. The van der Waals surface area contributed by atoms with Crippen molar-refractivity contribution in [3.8, 4) is 5.75 Å². The largest absolute Gasteiger partial charge is 0.491 e. The number of nitrogens with zero attached hydrogens (tertiary/aromatic N) is 1. The minimum atomic E-state index is -0.120. The Morgan fingerprint density at radius 1 is 1.00 bits per heavy atom. The van der Waals surface area contributed by atoms with Crippen molar-refractivity contribution in [2.45, 2.75) is 40.2 Å². The Labute approximate surface area is 157 Å². The number of anilines is 1. The molecule has 140 valence electrons. The first-order valence-corrected chi connectivity index (χ1v) is 9.52. The second-order valence-electron chi connectivity index (χ2n) is 6.31. The van der Waals surface area contributed by atoms with Crippen LogP contribution in [0, 0.1) is 0 Å². The van der Waals surface area contributed by atoms with Gasteiger partial charge < -0.3 is 10.1 Å². The highest BCUT2D eigenvalue weighted by Gasteiger charge is 2.10. The van der Waals surface area contributed by atoms with Crippen molar-refractivity contribution in [1.29, 1.82) is 0 Å². The Morgan fingerprint density at radius 3 is 2.35 bits per heavy atom. The van der Waals surface area contributed by atoms with Gasteiger partial charge in [-0.05, 0) is 49.3 Å². The van der Waals surface area contributed by atoms with Crippen LogP contribution < -0.4 is 10.1 Å². The summed E-state index contributed by atoms with van der Waals surface area (Å²) in [6.07, 6.45) is 2.07. The van der Waals surface area contributed by atoms with Crippen molar-refractivity contribution >= 4 is 11.6 Å². The number of amides is 1. The molecule has 0 aliphatic carbocycles. The Kier molecular flexibility index (Phi) is 8.16. The molecule has 0 bridgehead atoms. The summed E-state index contributed by atoms with van der Waals surface area (Å²) in [4.78, 5) is 14.9. The van der Waals surface area contributed by atoms with E-state index in [9.17, 15) is 4.79 Å². The molecule has 4 nitrogen and oxygen atoms in total. The topological polar surface area (TPSA) is 41.6 Å². The standard InChI is InChI=1S/C22H30N2O2/c1-4-7-16-26-21-11-9-8-10-20(21)23-22(25)19-14-12-18(13-15-19)17-24(5-2)6-3/h8-15H,4-7,16-17H2,1-3H3,(H,23,25). The van der Waals surface area contributed by atoms with Crippen molar-refractivity contribution < 1.29 is 9.53 Å². The van der Waals surface area contributed by atoms with Gasteiger partial charge in [0, 0.05) is 12.1 Å². The van der Waals surface area contributed by atoms with Crippen LogP contribution in [0.3, 0.4) is 0 Å². The fourth-order valence-electron chi connectivity index (χ4n) is 2.68. The third-order valence-electron chi connectivity index (χ3n) is 4.41. The summed E-state index contributed by atoms with van der Waals surface area (Å²) < 4.78 is 5.78. The lowest BCUT2D eigenvalue weighted by molar-refractivity contribution is 0.102. The van der Waals surface area contributed by atoms with E-state index in [0.29, 0.717) is 23.6 Å². The molecule has 2 aromatic rings. The smallest absolute Gasteiger partial charge is 0.255 e. The Bertz CT molecular complexity index is 679.